The number of thiophene rings is 4. The molecule has 1 aliphatic rings. The Labute approximate surface area is 325 Å². The largest absolute Gasteiger partial charge is 0.337 e. The maximum Gasteiger partial charge on any atom is 0.264 e. The minimum atomic E-state index is -1.98. The number of rotatable bonds is 7. The average molecular weight is 786 g/mol. The van der Waals surface area contributed by atoms with Crippen LogP contribution in [0.4, 0.5) is 0 Å². The third-order valence-corrected chi connectivity index (χ3v) is 29.6. The maximum atomic E-state index is 13.1. The Bertz CT molecular complexity index is 2150. The monoisotopic (exact) mass is 785 g/mol. The van der Waals surface area contributed by atoms with Gasteiger partial charge in [-0.3, -0.25) is 4.79 Å². The lowest BCUT2D eigenvalue weighted by Gasteiger charge is -2.38. The first-order valence-electron chi connectivity index (χ1n) is 18.7. The van der Waals surface area contributed by atoms with Crippen molar-refractivity contribution < 1.29 is 4.79 Å². The van der Waals surface area contributed by atoms with Crippen LogP contribution in [0.1, 0.15) is 119 Å². The highest BCUT2D eigenvalue weighted by molar-refractivity contribution is 7.31. The lowest BCUT2D eigenvalue weighted by atomic mass is 10.0. The van der Waals surface area contributed by atoms with Crippen molar-refractivity contribution in [2.45, 2.75) is 137 Å². The highest BCUT2D eigenvalue weighted by Crippen LogP contribution is 2.52. The van der Waals surface area contributed by atoms with Gasteiger partial charge in [0.25, 0.3) is 5.91 Å². The molecule has 51 heavy (non-hydrogen) atoms. The fourth-order valence-electron chi connectivity index (χ4n) is 9.68. The molecule has 0 fully saturated rings. The van der Waals surface area contributed by atoms with Gasteiger partial charge < -0.3 is 4.90 Å². The van der Waals surface area contributed by atoms with Crippen molar-refractivity contribution >= 4 is 97.7 Å². The number of hydrogen-bond acceptors (Lipinski definition) is 5. The first-order chi connectivity index (χ1) is 23.9. The minimum absolute atomic E-state index is 0.157. The number of fused-ring (bicyclic) bond motifs is 5. The fourth-order valence-corrected chi connectivity index (χ4v) is 25.2. The third kappa shape index (κ3) is 5.96. The molecular weight excluding hydrogens is 731 g/mol. The van der Waals surface area contributed by atoms with Crippen LogP contribution in [0.5, 0.6) is 0 Å². The zero-order valence-electron chi connectivity index (χ0n) is 33.3. The van der Waals surface area contributed by atoms with E-state index in [1.54, 1.807) is 11.3 Å². The Balaban J connectivity index is 1.72. The normalized spacial score (nSPS) is 14.1. The minimum Gasteiger partial charge on any atom is -0.337 e. The van der Waals surface area contributed by atoms with E-state index >= 15 is 0 Å². The predicted octanol–water partition coefficient (Wildman–Crippen LogP) is 14.4. The van der Waals surface area contributed by atoms with Crippen LogP contribution < -0.4 is 0 Å². The average Bonchev–Trinajstić information content (AvgIpc) is 3.83. The van der Waals surface area contributed by atoms with Crippen LogP contribution in [-0.4, -0.2) is 34.0 Å². The molecule has 4 aromatic heterocycles. The molecule has 5 heterocycles. The van der Waals surface area contributed by atoms with Crippen molar-refractivity contribution in [2.75, 3.05) is 7.05 Å². The lowest BCUT2D eigenvalue weighted by Crippen LogP contribution is -2.43. The molecule has 2 nitrogen and oxygen atoms in total. The van der Waals surface area contributed by atoms with Gasteiger partial charge in [-0.05, 0) is 59.2 Å². The second-order valence-corrected chi connectivity index (χ2v) is 32.5. The van der Waals surface area contributed by atoms with Gasteiger partial charge in [0, 0.05) is 49.9 Å². The Hall–Kier alpha value is -2.18. The molecule has 8 heteroatoms. The van der Waals surface area contributed by atoms with E-state index in [9.17, 15) is 4.79 Å². The van der Waals surface area contributed by atoms with E-state index in [1.807, 2.05) is 46.0 Å². The van der Waals surface area contributed by atoms with Gasteiger partial charge in [0.1, 0.15) is 16.1 Å². The summed E-state index contributed by atoms with van der Waals surface area (Å²) in [6, 6.07) is 4.82. The van der Waals surface area contributed by atoms with Crippen LogP contribution in [0.3, 0.4) is 0 Å². The second-order valence-electron chi connectivity index (χ2n) is 16.8. The van der Waals surface area contributed by atoms with Gasteiger partial charge in [-0.15, -0.1) is 56.4 Å². The van der Waals surface area contributed by atoms with E-state index in [-0.39, 0.29) is 5.91 Å². The van der Waals surface area contributed by atoms with Crippen molar-refractivity contribution in [3.05, 3.63) is 43.5 Å². The standard InChI is InChI=1S/C43H55NOS4Si2/c1-23(2)50(24(3)4,25(5)6)18-16-31-33-20-29(13)46-38(33)32(17-19-51(26(7)8,27(9)10)28(11)12)34-21-36(48-39(31)34)41-42-37(30(14)47-41)35-22-44(15)43(45)40(35)49-42/h20-21,23-28H,22H2,1-15H3. The smallest absolute Gasteiger partial charge is 0.264 e. The topological polar surface area (TPSA) is 20.3 Å². The summed E-state index contributed by atoms with van der Waals surface area (Å²) in [5.74, 6) is 8.11. The Morgan fingerprint density at radius 2 is 1.10 bits per heavy atom. The van der Waals surface area contributed by atoms with E-state index in [4.69, 9.17) is 0 Å². The highest BCUT2D eigenvalue weighted by atomic mass is 32.1. The fraction of sp³-hybridized carbons (Fsp3) is 0.512. The molecule has 0 saturated heterocycles. The molecule has 270 valence electrons. The van der Waals surface area contributed by atoms with Crippen molar-refractivity contribution in [3.63, 3.8) is 0 Å². The number of amides is 1. The summed E-state index contributed by atoms with van der Waals surface area (Å²) in [4.78, 5) is 21.1. The van der Waals surface area contributed by atoms with Gasteiger partial charge >= 0.3 is 0 Å². The van der Waals surface area contributed by atoms with Crippen LogP contribution in [-0.2, 0) is 6.54 Å². The molecule has 0 spiro atoms. The SMILES string of the molecule is Cc1cc2c(C#C[Si](C(C)C)(C(C)C)C(C)C)c3sc(-c4sc(C)c5c6c(sc45)C(=O)N(C)C6)cc3c(C#C[Si](C(C)C)(C(C)C)C(C)C)c2s1. The molecule has 0 unspecified atom stereocenters. The summed E-state index contributed by atoms with van der Waals surface area (Å²) in [5.41, 5.74) is 15.2. The van der Waals surface area contributed by atoms with E-state index in [0.29, 0.717) is 39.8 Å². The number of nitrogens with zero attached hydrogens (tertiary/aromatic N) is 1. The van der Waals surface area contributed by atoms with Gasteiger partial charge in [0.05, 0.1) is 35.0 Å². The molecule has 0 N–H and O–H groups in total. The van der Waals surface area contributed by atoms with Crippen LogP contribution in [0.25, 0.3) is 40.0 Å². The molecule has 0 aliphatic carbocycles. The molecule has 0 bridgehead atoms. The first kappa shape index (κ1) is 38.5. The summed E-state index contributed by atoms with van der Waals surface area (Å²) in [6.07, 6.45) is 0. The van der Waals surface area contributed by atoms with Gasteiger partial charge in [-0.1, -0.05) is 94.9 Å². The molecule has 0 radical (unpaired) electrons. The number of benzene rings is 1. The van der Waals surface area contributed by atoms with Gasteiger partial charge in [-0.25, -0.2) is 0 Å². The van der Waals surface area contributed by atoms with Crippen LogP contribution in [0, 0.1) is 36.8 Å². The molecule has 6 rings (SSSR count). The summed E-state index contributed by atoms with van der Waals surface area (Å²) in [7, 11) is -2.05. The van der Waals surface area contributed by atoms with E-state index in [2.05, 4.69) is 132 Å². The van der Waals surface area contributed by atoms with Gasteiger partial charge in [-0.2, -0.15) is 0 Å². The molecule has 0 saturated carbocycles. The van der Waals surface area contributed by atoms with E-state index < -0.39 is 16.1 Å². The summed E-state index contributed by atoms with van der Waals surface area (Å²) >= 11 is 7.36. The van der Waals surface area contributed by atoms with Gasteiger partial charge in [0.2, 0.25) is 0 Å². The summed E-state index contributed by atoms with van der Waals surface area (Å²) in [5, 5.41) is 3.83. The van der Waals surface area contributed by atoms with E-state index in [0.717, 1.165) is 4.88 Å². The van der Waals surface area contributed by atoms with Crippen molar-refractivity contribution in [1.82, 2.24) is 4.90 Å². The zero-order valence-corrected chi connectivity index (χ0v) is 38.6. The molecule has 1 amide bonds. The van der Waals surface area contributed by atoms with Crippen LogP contribution >= 0.6 is 45.3 Å². The predicted molar refractivity (Wildman–Crippen MR) is 237 cm³/mol. The Morgan fingerprint density at radius 1 is 0.627 bits per heavy atom. The number of carbonyl (C=O) groups is 1. The van der Waals surface area contributed by atoms with Gasteiger partial charge in [0.15, 0.2) is 0 Å². The summed E-state index contributed by atoms with van der Waals surface area (Å²) in [6.45, 7) is 34.0. The zero-order chi connectivity index (χ0) is 37.5. The molecule has 1 aromatic carbocycles. The number of hydrogen-bond donors (Lipinski definition) is 0. The molecular formula is C43H55NOS4Si2. The van der Waals surface area contributed by atoms with Crippen LogP contribution in [0.15, 0.2) is 12.1 Å². The van der Waals surface area contributed by atoms with Crippen LogP contribution in [0.2, 0.25) is 33.2 Å². The lowest BCUT2D eigenvalue weighted by molar-refractivity contribution is 0.0820. The number of aryl methyl sites for hydroxylation is 2. The summed E-state index contributed by atoms with van der Waals surface area (Å²) < 4.78 is 3.84. The molecule has 0 atom stereocenters. The maximum absolute atomic E-state index is 13.1. The third-order valence-electron chi connectivity index (χ3n) is 12.1. The van der Waals surface area contributed by atoms with Crippen molar-refractivity contribution in [1.29, 1.82) is 0 Å². The second kappa shape index (κ2) is 13.9. The Morgan fingerprint density at radius 3 is 1.59 bits per heavy atom. The first-order valence-corrected chi connectivity index (χ1v) is 26.5. The molecule has 5 aromatic rings. The Kier molecular flexibility index (Phi) is 10.5. The highest BCUT2D eigenvalue weighted by Gasteiger charge is 2.43. The quantitative estimate of drug-likeness (QED) is 0.119. The number of carbonyl (C=O) groups excluding carboxylic acids is 1. The van der Waals surface area contributed by atoms with Crippen molar-refractivity contribution in [2.24, 2.45) is 0 Å². The van der Waals surface area contributed by atoms with Crippen molar-refractivity contribution in [3.8, 4) is 32.7 Å². The van der Waals surface area contributed by atoms with E-state index in [1.165, 1.54) is 66.5 Å². The molecule has 1 aliphatic heterocycles.